The van der Waals surface area contributed by atoms with Crippen LogP contribution in [0, 0.1) is 23.7 Å². The molecular formula is C40H29Cl2F3N4O9. The standard InChI is InChI=1S/C40H29Cl2F3N4O9/c1-58-30-11-2-17(12-29(30)51)32-22-9-10-24-31(36(54)48(34(24)52)21-7-8-23(37(55)56)28(50)14-21)25(22)15-26-35(53)49(38(57)39(26,32)18-3-5-20(41)6-4-18)47-33-27(42)13-19(16-46-33)40(43,44)45/h2-9,11-14,16,24-26,31-32,50-51H,10,15H2,1H3,(H,46,47)(H,55,56). The number of methoxy groups -OCH3 is 1. The predicted octanol–water partition coefficient (Wildman–Crippen LogP) is 6.71. The maximum Gasteiger partial charge on any atom is 0.417 e. The molecule has 2 saturated heterocycles. The fourth-order valence-electron chi connectivity index (χ4n) is 9.14. The molecule has 6 atom stereocenters. The molecule has 3 fully saturated rings. The molecule has 8 rings (SSSR count). The summed E-state index contributed by atoms with van der Waals surface area (Å²) < 4.78 is 45.8. The number of nitrogens with one attached hydrogen (secondary N) is 1. The van der Waals surface area contributed by atoms with Crippen LogP contribution in [-0.4, -0.2) is 62.0 Å². The molecule has 4 aromatic rings. The van der Waals surface area contributed by atoms with Crippen LogP contribution in [0.3, 0.4) is 0 Å². The number of aromatic hydroxyl groups is 2. The normalized spacial score (nSPS) is 25.3. The minimum absolute atomic E-state index is 0.00590. The lowest BCUT2D eigenvalue weighted by Gasteiger charge is -2.50. The van der Waals surface area contributed by atoms with Crippen LogP contribution >= 0.6 is 23.2 Å². The number of rotatable bonds is 7. The van der Waals surface area contributed by atoms with E-state index >= 15 is 4.79 Å². The summed E-state index contributed by atoms with van der Waals surface area (Å²) >= 11 is 12.5. The maximum atomic E-state index is 15.3. The van der Waals surface area contributed by atoms with Gasteiger partial charge < -0.3 is 20.1 Å². The van der Waals surface area contributed by atoms with Gasteiger partial charge in [-0.3, -0.25) is 24.6 Å². The first-order valence-corrected chi connectivity index (χ1v) is 18.4. The Morgan fingerprint density at radius 2 is 1.66 bits per heavy atom. The number of anilines is 2. The Hall–Kier alpha value is -6.13. The monoisotopic (exact) mass is 836 g/mol. The Morgan fingerprint density at radius 3 is 2.28 bits per heavy atom. The van der Waals surface area contributed by atoms with Crippen molar-refractivity contribution in [1.82, 2.24) is 9.99 Å². The smallest absolute Gasteiger partial charge is 0.417 e. The fourth-order valence-corrected chi connectivity index (χ4v) is 9.47. The number of carboxylic acid groups (broad SMARTS) is 1. The van der Waals surface area contributed by atoms with Gasteiger partial charge in [-0.2, -0.15) is 18.2 Å². The van der Waals surface area contributed by atoms with Crippen molar-refractivity contribution < 1.29 is 57.2 Å². The summed E-state index contributed by atoms with van der Waals surface area (Å²) in [5.41, 5.74) is 0.142. The summed E-state index contributed by atoms with van der Waals surface area (Å²) in [6, 6.07) is 14.5. The molecule has 4 N–H and O–H groups in total. The van der Waals surface area contributed by atoms with E-state index in [4.69, 9.17) is 27.9 Å². The number of nitrogens with zero attached hydrogens (tertiary/aromatic N) is 3. The van der Waals surface area contributed by atoms with Crippen molar-refractivity contribution in [3.8, 4) is 17.2 Å². The number of allylic oxidation sites excluding steroid dienone is 2. The van der Waals surface area contributed by atoms with Crippen molar-refractivity contribution in [3.63, 3.8) is 0 Å². The molecule has 298 valence electrons. The topological polar surface area (TPSA) is 187 Å². The van der Waals surface area contributed by atoms with Gasteiger partial charge in [0.15, 0.2) is 17.3 Å². The number of alkyl halides is 3. The molecule has 2 aliphatic carbocycles. The van der Waals surface area contributed by atoms with Crippen molar-refractivity contribution in [1.29, 1.82) is 0 Å². The first-order valence-electron chi connectivity index (χ1n) is 17.6. The minimum atomic E-state index is -4.79. The van der Waals surface area contributed by atoms with E-state index in [2.05, 4.69) is 10.4 Å². The number of phenolic OH excluding ortho intramolecular Hbond substituents is 1. The van der Waals surface area contributed by atoms with Crippen molar-refractivity contribution in [3.05, 3.63) is 117 Å². The van der Waals surface area contributed by atoms with Gasteiger partial charge in [-0.25, -0.2) is 14.7 Å². The van der Waals surface area contributed by atoms with Gasteiger partial charge in [0.2, 0.25) is 11.8 Å². The lowest BCUT2D eigenvalue weighted by Crippen LogP contribution is -2.53. The Labute approximate surface area is 336 Å². The number of hydrogen-bond donors (Lipinski definition) is 4. The van der Waals surface area contributed by atoms with E-state index in [1.54, 1.807) is 24.3 Å². The van der Waals surface area contributed by atoms with Gasteiger partial charge in [-0.1, -0.05) is 53.1 Å². The zero-order valence-electron chi connectivity index (χ0n) is 29.8. The number of phenols is 2. The number of carboxylic acids is 1. The number of amides is 4. The van der Waals surface area contributed by atoms with E-state index in [9.17, 15) is 47.7 Å². The van der Waals surface area contributed by atoms with Crippen molar-refractivity contribution in [2.45, 2.75) is 30.4 Å². The van der Waals surface area contributed by atoms with E-state index in [1.807, 2.05) is 0 Å². The predicted molar refractivity (Wildman–Crippen MR) is 199 cm³/mol. The molecule has 13 nitrogen and oxygen atoms in total. The molecule has 1 aromatic heterocycles. The van der Waals surface area contributed by atoms with Crippen LogP contribution in [0.25, 0.3) is 0 Å². The average Bonchev–Trinajstić information content (AvgIpc) is 3.55. The van der Waals surface area contributed by atoms with Gasteiger partial charge in [-0.15, -0.1) is 0 Å². The maximum absolute atomic E-state index is 15.3. The third kappa shape index (κ3) is 5.75. The Kier molecular flexibility index (Phi) is 9.19. The Morgan fingerprint density at radius 1 is 0.931 bits per heavy atom. The Balaban J connectivity index is 1.30. The van der Waals surface area contributed by atoms with Crippen LogP contribution in [-0.2, 0) is 30.8 Å². The van der Waals surface area contributed by atoms with Crippen LogP contribution < -0.4 is 15.1 Å². The number of aromatic nitrogens is 1. The number of carbonyl (C=O) groups excluding carboxylic acids is 4. The second-order valence-electron chi connectivity index (χ2n) is 14.4. The van der Waals surface area contributed by atoms with Gasteiger partial charge in [0.1, 0.15) is 11.3 Å². The highest BCUT2D eigenvalue weighted by Crippen LogP contribution is 2.64. The number of carbonyl (C=O) groups is 5. The van der Waals surface area contributed by atoms with E-state index in [0.717, 1.165) is 17.0 Å². The number of pyridine rings is 1. The largest absolute Gasteiger partial charge is 0.507 e. The molecule has 0 bridgehead atoms. The highest BCUT2D eigenvalue weighted by atomic mass is 35.5. The molecule has 18 heteroatoms. The molecule has 3 aromatic carbocycles. The van der Waals surface area contributed by atoms with Crippen molar-refractivity contribution in [2.24, 2.45) is 23.7 Å². The molecule has 0 radical (unpaired) electrons. The number of benzene rings is 3. The zero-order chi connectivity index (χ0) is 41.6. The molecule has 0 spiro atoms. The summed E-state index contributed by atoms with van der Waals surface area (Å²) in [4.78, 5) is 74.9. The SMILES string of the molecule is COc1ccc(C2C3=CCC4C(=O)N(c5ccc(C(=O)O)c(O)c5)C(=O)C4C3CC3C(=O)N(Nc4ncc(C(F)(F)F)cc4Cl)C(=O)C32c2ccc(Cl)cc2)cc1O. The average molecular weight is 838 g/mol. The summed E-state index contributed by atoms with van der Waals surface area (Å²) in [7, 11) is 1.34. The number of aromatic carboxylic acids is 1. The zero-order valence-corrected chi connectivity index (χ0v) is 31.3. The van der Waals surface area contributed by atoms with E-state index < -0.39 is 98.5 Å². The molecule has 58 heavy (non-hydrogen) atoms. The highest BCUT2D eigenvalue weighted by Gasteiger charge is 2.70. The van der Waals surface area contributed by atoms with Gasteiger partial charge in [0, 0.05) is 23.2 Å². The van der Waals surface area contributed by atoms with Gasteiger partial charge in [-0.05, 0) is 72.4 Å². The summed E-state index contributed by atoms with van der Waals surface area (Å²) in [5.74, 6) is -11.1. The third-order valence-corrected chi connectivity index (χ3v) is 12.1. The van der Waals surface area contributed by atoms with Crippen molar-refractivity contribution >= 4 is 64.3 Å². The van der Waals surface area contributed by atoms with Crippen LogP contribution in [0.5, 0.6) is 17.2 Å². The number of ether oxygens (including phenoxy) is 1. The molecule has 1 saturated carbocycles. The summed E-state index contributed by atoms with van der Waals surface area (Å²) in [6.45, 7) is 0. The number of hydrogen-bond acceptors (Lipinski definition) is 10. The molecular weight excluding hydrogens is 808 g/mol. The van der Waals surface area contributed by atoms with Crippen molar-refractivity contribution in [2.75, 3.05) is 17.4 Å². The minimum Gasteiger partial charge on any atom is -0.507 e. The molecule has 3 heterocycles. The second-order valence-corrected chi connectivity index (χ2v) is 15.2. The second kappa shape index (κ2) is 13.8. The van der Waals surface area contributed by atoms with Crippen LogP contribution in [0.4, 0.5) is 24.7 Å². The lowest BCUT2D eigenvalue weighted by molar-refractivity contribution is -0.139. The van der Waals surface area contributed by atoms with Crippen LogP contribution in [0.2, 0.25) is 10.0 Å². The first-order chi connectivity index (χ1) is 27.5. The number of hydrazine groups is 1. The molecule has 2 aliphatic heterocycles. The van der Waals surface area contributed by atoms with E-state index in [1.165, 1.54) is 37.4 Å². The number of fused-ring (bicyclic) bond motifs is 4. The molecule has 4 aliphatic rings. The lowest BCUT2D eigenvalue weighted by atomic mass is 9.49. The van der Waals surface area contributed by atoms with Crippen LogP contribution in [0.1, 0.15) is 45.8 Å². The van der Waals surface area contributed by atoms with E-state index in [0.29, 0.717) is 39.0 Å². The van der Waals surface area contributed by atoms with Gasteiger partial charge in [0.25, 0.3) is 11.8 Å². The molecule has 4 amide bonds. The number of imide groups is 2. The van der Waals surface area contributed by atoms with E-state index in [-0.39, 0.29) is 30.0 Å². The highest BCUT2D eigenvalue weighted by molar-refractivity contribution is 6.33. The molecule has 6 unspecified atom stereocenters. The fraction of sp³-hybridized carbons (Fsp3) is 0.250. The third-order valence-electron chi connectivity index (χ3n) is 11.6. The number of halogens is 5. The summed E-state index contributed by atoms with van der Waals surface area (Å²) in [5, 5.41) is 31.4. The van der Waals surface area contributed by atoms with Crippen LogP contribution in [0.15, 0.2) is 84.6 Å². The quantitative estimate of drug-likeness (QED) is 0.114. The first kappa shape index (κ1) is 38.7. The summed E-state index contributed by atoms with van der Waals surface area (Å²) in [6.07, 6.45) is -2.73. The van der Waals surface area contributed by atoms with Gasteiger partial charge in [0.05, 0.1) is 46.6 Å². The Bertz CT molecular complexity index is 2500. The van der Waals surface area contributed by atoms with Gasteiger partial charge >= 0.3 is 12.1 Å².